The van der Waals surface area contributed by atoms with Crippen molar-refractivity contribution in [2.75, 3.05) is 27.3 Å². The van der Waals surface area contributed by atoms with Gasteiger partial charge in [0.05, 0.1) is 43.1 Å². The fraction of sp³-hybridized carbons (Fsp3) is 0.394. The van der Waals surface area contributed by atoms with Crippen LogP contribution in [-0.2, 0) is 26.2 Å². The first kappa shape index (κ1) is 31.0. The van der Waals surface area contributed by atoms with Crippen LogP contribution < -0.4 is 9.47 Å². The van der Waals surface area contributed by atoms with Crippen molar-refractivity contribution in [3.8, 4) is 11.5 Å². The molecule has 222 valence electrons. The van der Waals surface area contributed by atoms with Gasteiger partial charge in [-0.15, -0.1) is 0 Å². The summed E-state index contributed by atoms with van der Waals surface area (Å²) in [6.45, 7) is 11.1. The molecule has 4 aromatic heterocycles. The number of aromatic nitrogens is 4. The molecule has 0 aromatic carbocycles. The minimum absolute atomic E-state index is 0.412. The number of rotatable bonds is 14. The molecule has 4 rings (SSSR count). The third kappa shape index (κ3) is 8.09. The van der Waals surface area contributed by atoms with Crippen molar-refractivity contribution in [2.45, 2.75) is 60.0 Å². The smallest absolute Gasteiger partial charge is 0.128 e. The van der Waals surface area contributed by atoms with Gasteiger partial charge in [0.15, 0.2) is 0 Å². The van der Waals surface area contributed by atoms with Crippen molar-refractivity contribution < 1.29 is 14.6 Å². The number of ether oxygens (including phenoxy) is 2. The summed E-state index contributed by atoms with van der Waals surface area (Å²) < 4.78 is 11.3. The molecule has 42 heavy (non-hydrogen) atoms. The molecule has 0 spiro atoms. The highest BCUT2D eigenvalue weighted by molar-refractivity contribution is 5.42. The molecule has 0 fully saturated rings. The van der Waals surface area contributed by atoms with E-state index in [0.717, 1.165) is 56.5 Å². The molecule has 0 aliphatic heterocycles. The summed E-state index contributed by atoms with van der Waals surface area (Å²) in [7, 11) is 3.37. The maximum atomic E-state index is 11.5. The van der Waals surface area contributed by atoms with Gasteiger partial charge in [0.1, 0.15) is 11.5 Å². The molecule has 0 aliphatic rings. The van der Waals surface area contributed by atoms with E-state index in [1.807, 2.05) is 76.5 Å². The molecular formula is C33H42N6O3. The normalized spacial score (nSPS) is 12.1. The number of aliphatic hydroxyl groups excluding tert-OH is 1. The molecule has 0 aliphatic carbocycles. The number of methoxy groups -OCH3 is 2. The molecule has 4 heterocycles. The third-order valence-corrected chi connectivity index (χ3v) is 7.41. The minimum Gasteiger partial charge on any atom is -0.496 e. The van der Waals surface area contributed by atoms with Gasteiger partial charge in [0.2, 0.25) is 0 Å². The largest absolute Gasteiger partial charge is 0.496 e. The Kier molecular flexibility index (Phi) is 10.9. The van der Waals surface area contributed by atoms with Crippen LogP contribution in [-0.4, -0.2) is 68.3 Å². The zero-order valence-corrected chi connectivity index (χ0v) is 25.5. The first-order valence-electron chi connectivity index (χ1n) is 14.2. The molecule has 0 saturated heterocycles. The van der Waals surface area contributed by atoms with E-state index in [9.17, 15) is 5.11 Å². The molecule has 4 aromatic rings. The average molecular weight is 571 g/mol. The summed E-state index contributed by atoms with van der Waals surface area (Å²) in [5.41, 5.74) is 7.66. The number of nitrogens with zero attached hydrogens (tertiary/aromatic N) is 6. The fourth-order valence-corrected chi connectivity index (χ4v) is 5.35. The zero-order chi connectivity index (χ0) is 30.1. The highest BCUT2D eigenvalue weighted by Crippen LogP contribution is 2.27. The summed E-state index contributed by atoms with van der Waals surface area (Å²) >= 11 is 0. The lowest BCUT2D eigenvalue weighted by Crippen LogP contribution is -2.40. The maximum absolute atomic E-state index is 11.5. The van der Waals surface area contributed by atoms with E-state index in [2.05, 4.69) is 19.8 Å². The fourth-order valence-electron chi connectivity index (χ4n) is 5.35. The lowest BCUT2D eigenvalue weighted by atomic mass is 10.1. The Morgan fingerprint density at radius 3 is 1.45 bits per heavy atom. The number of hydrogen-bond donors (Lipinski definition) is 1. The van der Waals surface area contributed by atoms with Crippen LogP contribution in [0, 0.1) is 27.7 Å². The van der Waals surface area contributed by atoms with Crippen LogP contribution in [0.3, 0.4) is 0 Å². The van der Waals surface area contributed by atoms with E-state index >= 15 is 0 Å². The van der Waals surface area contributed by atoms with Crippen LogP contribution in [0.1, 0.15) is 45.0 Å². The monoisotopic (exact) mass is 570 g/mol. The summed E-state index contributed by atoms with van der Waals surface area (Å²) in [5.74, 6) is 1.67. The number of hydrogen-bond acceptors (Lipinski definition) is 9. The number of pyridine rings is 4. The summed E-state index contributed by atoms with van der Waals surface area (Å²) in [5, 5.41) is 11.5. The molecule has 1 atom stereocenters. The van der Waals surface area contributed by atoms with Crippen molar-refractivity contribution in [3.05, 3.63) is 106 Å². The lowest BCUT2D eigenvalue weighted by molar-refractivity contribution is 0.0613. The lowest BCUT2D eigenvalue weighted by Gasteiger charge is -2.30. The van der Waals surface area contributed by atoms with E-state index in [1.165, 1.54) is 0 Å². The van der Waals surface area contributed by atoms with Crippen LogP contribution in [0.15, 0.2) is 61.2 Å². The Bertz CT molecular complexity index is 1330. The topological polar surface area (TPSA) is 96.7 Å². The molecule has 0 unspecified atom stereocenters. The van der Waals surface area contributed by atoms with E-state index in [4.69, 9.17) is 19.4 Å². The van der Waals surface area contributed by atoms with Crippen LogP contribution >= 0.6 is 0 Å². The van der Waals surface area contributed by atoms with Crippen LogP contribution in [0.2, 0.25) is 0 Å². The summed E-state index contributed by atoms with van der Waals surface area (Å²) in [6, 6.07) is 11.8. The van der Waals surface area contributed by atoms with Gasteiger partial charge in [-0.05, 0) is 52.0 Å². The standard InChI is InChI=1S/C33H42N6O3/c1-23-15-36-30(25(3)32(23)41-5)21-39(22-31-26(4)33(42-6)24(2)16-37-31)20-29(40)19-38(17-27-11-7-9-13-34-27)18-28-12-8-10-14-35-28/h7-16,29,40H,17-22H2,1-6H3/t29-/m0/s1. The van der Waals surface area contributed by atoms with E-state index in [0.29, 0.717) is 39.3 Å². The van der Waals surface area contributed by atoms with E-state index in [-0.39, 0.29) is 0 Å². The Morgan fingerprint density at radius 2 is 1.07 bits per heavy atom. The molecule has 0 radical (unpaired) electrons. The predicted molar refractivity (Wildman–Crippen MR) is 163 cm³/mol. The molecule has 1 N–H and O–H groups in total. The summed E-state index contributed by atoms with van der Waals surface area (Å²) in [6.07, 6.45) is 6.62. The van der Waals surface area contributed by atoms with Gasteiger partial charge < -0.3 is 14.6 Å². The Labute approximate surface area is 249 Å². The molecule has 0 amide bonds. The maximum Gasteiger partial charge on any atom is 0.128 e. The highest BCUT2D eigenvalue weighted by atomic mass is 16.5. The first-order chi connectivity index (χ1) is 20.3. The summed E-state index contributed by atoms with van der Waals surface area (Å²) in [4.78, 5) is 22.9. The van der Waals surface area contributed by atoms with Gasteiger partial charge in [0.25, 0.3) is 0 Å². The molecular weight excluding hydrogens is 528 g/mol. The second kappa shape index (κ2) is 14.8. The Balaban J connectivity index is 1.58. The quantitative estimate of drug-likeness (QED) is 0.234. The van der Waals surface area contributed by atoms with Gasteiger partial charge in [-0.25, -0.2) is 0 Å². The van der Waals surface area contributed by atoms with E-state index < -0.39 is 6.10 Å². The first-order valence-corrected chi connectivity index (χ1v) is 14.2. The van der Waals surface area contributed by atoms with Crippen molar-refractivity contribution in [3.63, 3.8) is 0 Å². The van der Waals surface area contributed by atoms with Crippen LogP contribution in [0.5, 0.6) is 11.5 Å². The molecule has 9 nitrogen and oxygen atoms in total. The van der Waals surface area contributed by atoms with Gasteiger partial charge >= 0.3 is 0 Å². The Morgan fingerprint density at radius 1 is 0.643 bits per heavy atom. The number of aliphatic hydroxyl groups is 1. The zero-order valence-electron chi connectivity index (χ0n) is 25.5. The second-order valence-corrected chi connectivity index (χ2v) is 10.7. The van der Waals surface area contributed by atoms with Gasteiger partial charge in [0, 0.05) is 86.3 Å². The average Bonchev–Trinajstić information content (AvgIpc) is 2.97. The third-order valence-electron chi connectivity index (χ3n) is 7.41. The van der Waals surface area contributed by atoms with Gasteiger partial charge in [-0.2, -0.15) is 0 Å². The minimum atomic E-state index is -0.655. The van der Waals surface area contributed by atoms with E-state index in [1.54, 1.807) is 26.6 Å². The highest BCUT2D eigenvalue weighted by Gasteiger charge is 2.22. The van der Waals surface area contributed by atoms with Crippen molar-refractivity contribution in [2.24, 2.45) is 0 Å². The number of aryl methyl sites for hydroxylation is 2. The second-order valence-electron chi connectivity index (χ2n) is 10.7. The molecule has 0 saturated carbocycles. The predicted octanol–water partition coefficient (Wildman–Crippen LogP) is 4.58. The van der Waals surface area contributed by atoms with Gasteiger partial charge in [-0.1, -0.05) is 12.1 Å². The van der Waals surface area contributed by atoms with Crippen molar-refractivity contribution in [1.29, 1.82) is 0 Å². The SMILES string of the molecule is COc1c(C)cnc(CN(Cc2ncc(C)c(OC)c2C)C[C@@H](O)CN(Cc2ccccn2)Cc2ccccn2)c1C. The van der Waals surface area contributed by atoms with Crippen LogP contribution in [0.4, 0.5) is 0 Å². The Hall–Kier alpha value is -3.92. The van der Waals surface area contributed by atoms with Crippen molar-refractivity contribution >= 4 is 0 Å². The van der Waals surface area contributed by atoms with Gasteiger partial charge in [-0.3, -0.25) is 29.7 Å². The van der Waals surface area contributed by atoms with Crippen molar-refractivity contribution in [1.82, 2.24) is 29.7 Å². The molecule has 0 bridgehead atoms. The molecule has 9 heteroatoms. The van der Waals surface area contributed by atoms with Crippen LogP contribution in [0.25, 0.3) is 0 Å².